The summed E-state index contributed by atoms with van der Waals surface area (Å²) in [6.45, 7) is 1.87. The molecule has 7 nitrogen and oxygen atoms in total. The van der Waals surface area contributed by atoms with E-state index in [4.69, 9.17) is 9.57 Å². The van der Waals surface area contributed by atoms with Crippen molar-refractivity contribution in [1.29, 1.82) is 0 Å². The molecule has 2 saturated heterocycles. The van der Waals surface area contributed by atoms with Crippen molar-refractivity contribution in [3.05, 3.63) is 126 Å². The Labute approximate surface area is 219 Å². The molecule has 0 N–H and O–H groups in total. The number of para-hydroxylation sites is 2. The molecule has 2 heterocycles. The Morgan fingerprint density at radius 1 is 0.763 bits per heavy atom. The van der Waals surface area contributed by atoms with Crippen LogP contribution in [0.3, 0.4) is 0 Å². The van der Waals surface area contributed by atoms with Gasteiger partial charge in [0.05, 0.1) is 23.0 Å². The lowest BCUT2D eigenvalue weighted by molar-refractivity contribution is -0.126. The first kappa shape index (κ1) is 23.6. The lowest BCUT2D eigenvalue weighted by Crippen LogP contribution is -2.37. The van der Waals surface area contributed by atoms with Crippen molar-refractivity contribution in [3.8, 4) is 5.75 Å². The summed E-state index contributed by atoms with van der Waals surface area (Å²) in [7, 11) is 0. The number of carbonyl (C=O) groups is 3. The second-order valence-corrected chi connectivity index (χ2v) is 9.28. The number of ether oxygens (including phenoxy) is 1. The van der Waals surface area contributed by atoms with E-state index in [1.165, 1.54) is 4.90 Å². The molecular weight excluding hydrogens is 480 g/mol. The Morgan fingerprint density at radius 3 is 2.08 bits per heavy atom. The molecule has 4 aromatic carbocycles. The van der Waals surface area contributed by atoms with E-state index in [1.54, 1.807) is 65.7 Å². The van der Waals surface area contributed by atoms with Crippen LogP contribution >= 0.6 is 0 Å². The molecule has 0 saturated carbocycles. The molecule has 7 heteroatoms. The zero-order valence-electron chi connectivity index (χ0n) is 20.6. The second-order valence-electron chi connectivity index (χ2n) is 9.28. The molecule has 0 spiro atoms. The van der Waals surface area contributed by atoms with Gasteiger partial charge in [-0.15, -0.1) is 0 Å². The van der Waals surface area contributed by atoms with E-state index < -0.39 is 24.0 Å². The van der Waals surface area contributed by atoms with Crippen molar-refractivity contribution < 1.29 is 24.0 Å². The zero-order valence-corrected chi connectivity index (χ0v) is 20.6. The molecule has 0 radical (unpaired) electrons. The number of benzene rings is 4. The van der Waals surface area contributed by atoms with Crippen LogP contribution in [0.5, 0.6) is 5.75 Å². The maximum atomic E-state index is 13.8. The van der Waals surface area contributed by atoms with E-state index in [2.05, 4.69) is 0 Å². The van der Waals surface area contributed by atoms with E-state index in [0.717, 1.165) is 16.8 Å². The lowest BCUT2D eigenvalue weighted by atomic mass is 9.90. The SMILES string of the molecule is Cc1ccccc1N1C(=O)[C@@H]2[C@@H](ON(c3ccccc3)[C@H]2c2ccc(OC(=O)c3ccccc3)cc2)C1=O. The minimum Gasteiger partial charge on any atom is -0.423 e. The first-order valence-corrected chi connectivity index (χ1v) is 12.3. The molecule has 0 aliphatic carbocycles. The Hall–Kier alpha value is -4.75. The van der Waals surface area contributed by atoms with Crippen LogP contribution in [0.2, 0.25) is 0 Å². The fourth-order valence-electron chi connectivity index (χ4n) is 5.08. The largest absolute Gasteiger partial charge is 0.423 e. The Bertz CT molecular complexity index is 1500. The highest BCUT2D eigenvalue weighted by atomic mass is 16.7. The molecule has 2 fully saturated rings. The van der Waals surface area contributed by atoms with Gasteiger partial charge in [-0.3, -0.25) is 14.4 Å². The minimum atomic E-state index is -0.956. The highest BCUT2D eigenvalue weighted by Crippen LogP contribution is 2.48. The highest BCUT2D eigenvalue weighted by Gasteiger charge is 2.60. The van der Waals surface area contributed by atoms with Gasteiger partial charge in [0.25, 0.3) is 5.91 Å². The van der Waals surface area contributed by atoms with Crippen LogP contribution in [-0.2, 0) is 14.4 Å². The summed E-state index contributed by atoms with van der Waals surface area (Å²) in [5, 5.41) is 1.64. The molecular formula is C31H24N2O5. The first-order valence-electron chi connectivity index (χ1n) is 12.3. The smallest absolute Gasteiger partial charge is 0.343 e. The predicted octanol–water partition coefficient (Wildman–Crippen LogP) is 5.27. The standard InChI is InChI=1S/C31H24N2O5/c1-20-10-8-9-15-25(20)32-29(34)26-27(33(38-28(26)30(32)35)23-13-6-3-7-14-23)21-16-18-24(19-17-21)37-31(36)22-11-4-2-5-12-22/h2-19,26-28H,1H3/t26-,27-,28+/m0/s1. The van der Waals surface area contributed by atoms with Gasteiger partial charge in [0, 0.05) is 0 Å². The van der Waals surface area contributed by atoms with Crippen molar-refractivity contribution in [2.24, 2.45) is 5.92 Å². The maximum absolute atomic E-state index is 13.8. The Balaban J connectivity index is 1.34. The summed E-state index contributed by atoms with van der Waals surface area (Å²) in [4.78, 5) is 47.2. The average molecular weight is 505 g/mol. The van der Waals surface area contributed by atoms with Crippen LogP contribution in [0.15, 0.2) is 109 Å². The number of amides is 2. The number of nitrogens with zero attached hydrogens (tertiary/aromatic N) is 2. The first-order chi connectivity index (χ1) is 18.5. The number of rotatable bonds is 5. The monoisotopic (exact) mass is 504 g/mol. The summed E-state index contributed by atoms with van der Waals surface area (Å²) in [5.74, 6) is -1.53. The quantitative estimate of drug-likeness (QED) is 0.210. The van der Waals surface area contributed by atoms with E-state index in [0.29, 0.717) is 17.0 Å². The van der Waals surface area contributed by atoms with Gasteiger partial charge >= 0.3 is 5.97 Å². The number of aryl methyl sites for hydroxylation is 1. The fraction of sp³-hybridized carbons (Fsp3) is 0.129. The molecule has 2 amide bonds. The van der Waals surface area contributed by atoms with Crippen LogP contribution in [0.25, 0.3) is 0 Å². The van der Waals surface area contributed by atoms with E-state index >= 15 is 0 Å². The van der Waals surface area contributed by atoms with Crippen LogP contribution in [0, 0.1) is 12.8 Å². The number of esters is 1. The molecule has 0 aromatic heterocycles. The third kappa shape index (κ3) is 4.03. The number of imide groups is 1. The summed E-state index contributed by atoms with van der Waals surface area (Å²) in [6.07, 6.45) is -0.956. The van der Waals surface area contributed by atoms with Crippen molar-refractivity contribution >= 4 is 29.2 Å². The van der Waals surface area contributed by atoms with Crippen molar-refractivity contribution in [2.75, 3.05) is 9.96 Å². The zero-order chi connectivity index (χ0) is 26.2. The van der Waals surface area contributed by atoms with Gasteiger partial charge in [0.15, 0.2) is 6.10 Å². The topological polar surface area (TPSA) is 76.2 Å². The van der Waals surface area contributed by atoms with Crippen molar-refractivity contribution in [1.82, 2.24) is 0 Å². The normalized spacial score (nSPS) is 20.5. The number of hydrogen-bond donors (Lipinski definition) is 0. The van der Waals surface area contributed by atoms with Crippen molar-refractivity contribution in [3.63, 3.8) is 0 Å². The molecule has 2 aliphatic rings. The van der Waals surface area contributed by atoms with Gasteiger partial charge in [-0.25, -0.2) is 14.8 Å². The second kappa shape index (κ2) is 9.61. The predicted molar refractivity (Wildman–Crippen MR) is 142 cm³/mol. The van der Waals surface area contributed by atoms with Gasteiger partial charge < -0.3 is 4.74 Å². The Morgan fingerprint density at radius 2 is 1.39 bits per heavy atom. The van der Waals surface area contributed by atoms with Crippen LogP contribution in [0.4, 0.5) is 11.4 Å². The highest BCUT2D eigenvalue weighted by molar-refractivity contribution is 6.24. The number of anilines is 2. The number of fused-ring (bicyclic) bond motifs is 1. The molecule has 2 aliphatic heterocycles. The average Bonchev–Trinajstić information content (AvgIpc) is 3.46. The van der Waals surface area contributed by atoms with Crippen LogP contribution < -0.4 is 14.7 Å². The summed E-state index contributed by atoms with van der Waals surface area (Å²) in [6, 6.07) is 31.9. The molecule has 3 atom stereocenters. The third-order valence-corrected chi connectivity index (χ3v) is 6.92. The number of hydroxylamine groups is 1. The molecule has 38 heavy (non-hydrogen) atoms. The van der Waals surface area contributed by atoms with Gasteiger partial charge in [-0.05, 0) is 60.5 Å². The van der Waals surface area contributed by atoms with E-state index in [1.807, 2.05) is 55.5 Å². The fourth-order valence-corrected chi connectivity index (χ4v) is 5.08. The number of hydrogen-bond acceptors (Lipinski definition) is 6. The molecule has 0 bridgehead atoms. The molecule has 6 rings (SSSR count). The van der Waals surface area contributed by atoms with Gasteiger partial charge in [0.1, 0.15) is 11.7 Å². The minimum absolute atomic E-state index is 0.308. The lowest BCUT2D eigenvalue weighted by Gasteiger charge is -2.29. The maximum Gasteiger partial charge on any atom is 0.343 e. The molecule has 0 unspecified atom stereocenters. The summed E-state index contributed by atoms with van der Waals surface area (Å²) < 4.78 is 5.53. The summed E-state index contributed by atoms with van der Waals surface area (Å²) >= 11 is 0. The van der Waals surface area contributed by atoms with E-state index in [-0.39, 0.29) is 11.8 Å². The van der Waals surface area contributed by atoms with E-state index in [9.17, 15) is 14.4 Å². The Kier molecular flexibility index (Phi) is 5.98. The van der Waals surface area contributed by atoms with Gasteiger partial charge in [-0.1, -0.05) is 66.7 Å². The van der Waals surface area contributed by atoms with Gasteiger partial charge in [0.2, 0.25) is 5.91 Å². The van der Waals surface area contributed by atoms with Gasteiger partial charge in [-0.2, -0.15) is 0 Å². The molecule has 4 aromatic rings. The van der Waals surface area contributed by atoms with Crippen LogP contribution in [0.1, 0.15) is 27.5 Å². The van der Waals surface area contributed by atoms with Crippen LogP contribution in [-0.4, -0.2) is 23.9 Å². The third-order valence-electron chi connectivity index (χ3n) is 6.92. The summed E-state index contributed by atoms with van der Waals surface area (Å²) in [5.41, 5.74) is 3.33. The molecule has 188 valence electrons. The number of carbonyl (C=O) groups excluding carboxylic acids is 3. The van der Waals surface area contributed by atoms with Crippen molar-refractivity contribution in [2.45, 2.75) is 19.1 Å².